The summed E-state index contributed by atoms with van der Waals surface area (Å²) in [6, 6.07) is 7.18. The molecule has 2 aromatic heterocycles. The SMILES string of the molecule is CC1CC2CC(C1)C(NC(=O)c1ccc(-c3cn(C4CCC(F)(F)CC4)c4cc(OC5CCC(N6CC(F)(F)C6)CC5)ccc34)nc1C(F)(F)F)(C(=O)O)C2. The number of carbonyl (C=O) groups is 2. The molecule has 5 fully saturated rings. The lowest BCUT2D eigenvalue weighted by Gasteiger charge is -2.46. The average molecular weight is 779 g/mol. The van der Waals surface area contributed by atoms with Crippen LogP contribution in [0.5, 0.6) is 5.75 Å². The molecule has 2 N–H and O–H groups in total. The van der Waals surface area contributed by atoms with Crippen molar-refractivity contribution in [3.05, 3.63) is 47.8 Å². The normalized spacial score (nSPS) is 30.9. The van der Waals surface area contributed by atoms with Gasteiger partial charge in [0.2, 0.25) is 5.92 Å². The van der Waals surface area contributed by atoms with E-state index in [0.717, 1.165) is 12.5 Å². The summed E-state index contributed by atoms with van der Waals surface area (Å²) in [6.07, 6.45) is 0.801. The molecule has 4 aliphatic carbocycles. The van der Waals surface area contributed by atoms with Crippen LogP contribution >= 0.6 is 0 Å². The number of aliphatic carboxylic acids is 1. The number of hydrogen-bond donors (Lipinski definition) is 2. The molecule has 1 aromatic carbocycles. The van der Waals surface area contributed by atoms with Crippen LogP contribution < -0.4 is 10.1 Å². The first-order chi connectivity index (χ1) is 25.9. The Morgan fingerprint density at radius 1 is 0.909 bits per heavy atom. The largest absolute Gasteiger partial charge is 0.490 e. The van der Waals surface area contributed by atoms with Gasteiger partial charge in [0.1, 0.15) is 11.3 Å². The van der Waals surface area contributed by atoms with Gasteiger partial charge in [0, 0.05) is 48.1 Å². The van der Waals surface area contributed by atoms with Crippen LogP contribution in [0.3, 0.4) is 0 Å². The Kier molecular flexibility index (Phi) is 9.44. The number of carboxylic acid groups (broad SMARTS) is 1. The average Bonchev–Trinajstić information content (AvgIpc) is 3.61. The Bertz CT molecular complexity index is 1960. The third kappa shape index (κ3) is 7.30. The molecule has 15 heteroatoms. The summed E-state index contributed by atoms with van der Waals surface area (Å²) in [4.78, 5) is 32.1. The maximum absolute atomic E-state index is 14.7. The smallest absolute Gasteiger partial charge is 0.434 e. The van der Waals surface area contributed by atoms with E-state index in [4.69, 9.17) is 4.74 Å². The molecule has 0 spiro atoms. The van der Waals surface area contributed by atoms with Crippen LogP contribution in [0, 0.1) is 17.8 Å². The van der Waals surface area contributed by atoms with Gasteiger partial charge in [0.05, 0.1) is 36.0 Å². The minimum atomic E-state index is -5.07. The zero-order valence-corrected chi connectivity index (χ0v) is 30.5. The molecular weight excluding hydrogens is 733 g/mol. The third-order valence-electron chi connectivity index (χ3n) is 13.0. The molecular formula is C40H45F7N4O4. The predicted octanol–water partition coefficient (Wildman–Crippen LogP) is 9.12. The summed E-state index contributed by atoms with van der Waals surface area (Å²) in [5, 5.41) is 13.3. The molecule has 1 aliphatic heterocycles. The third-order valence-corrected chi connectivity index (χ3v) is 13.0. The number of nitrogens with zero attached hydrogens (tertiary/aromatic N) is 3. The molecule has 4 saturated carbocycles. The maximum atomic E-state index is 14.7. The van der Waals surface area contributed by atoms with E-state index in [2.05, 4.69) is 10.3 Å². The molecule has 2 bridgehead atoms. The highest BCUT2D eigenvalue weighted by molar-refractivity contribution is 6.00. The van der Waals surface area contributed by atoms with E-state index in [9.17, 15) is 45.4 Å². The second kappa shape index (κ2) is 13.7. The van der Waals surface area contributed by atoms with Gasteiger partial charge in [-0.05, 0) is 106 Å². The number of likely N-dealkylation sites (tertiary alicyclic amines) is 1. The predicted molar refractivity (Wildman–Crippen MR) is 188 cm³/mol. The molecule has 298 valence electrons. The number of rotatable bonds is 8. The lowest BCUT2D eigenvalue weighted by Crippen LogP contribution is -2.60. The number of hydrogen-bond acceptors (Lipinski definition) is 5. The molecule has 4 unspecified atom stereocenters. The maximum Gasteiger partial charge on any atom is 0.434 e. The Morgan fingerprint density at radius 3 is 2.27 bits per heavy atom. The first-order valence-electron chi connectivity index (χ1n) is 19.4. The van der Waals surface area contributed by atoms with Gasteiger partial charge >= 0.3 is 12.1 Å². The minimum Gasteiger partial charge on any atom is -0.490 e. The Morgan fingerprint density at radius 2 is 1.62 bits per heavy atom. The lowest BCUT2D eigenvalue weighted by molar-refractivity contribution is -0.151. The summed E-state index contributed by atoms with van der Waals surface area (Å²) in [5.41, 5.74) is -3.11. The fourth-order valence-corrected chi connectivity index (χ4v) is 10.3. The number of ether oxygens (including phenoxy) is 1. The van der Waals surface area contributed by atoms with Crippen molar-refractivity contribution >= 4 is 22.8 Å². The van der Waals surface area contributed by atoms with Crippen LogP contribution in [-0.2, 0) is 11.0 Å². The van der Waals surface area contributed by atoms with Crippen molar-refractivity contribution in [1.82, 2.24) is 19.8 Å². The number of benzene rings is 1. The van der Waals surface area contributed by atoms with E-state index < -0.39 is 52.6 Å². The molecule has 8 rings (SSSR count). The van der Waals surface area contributed by atoms with Gasteiger partial charge in [-0.3, -0.25) is 9.69 Å². The second-order valence-corrected chi connectivity index (χ2v) is 16.9. The molecule has 3 heterocycles. The number of nitrogens with one attached hydrogen (secondary N) is 1. The van der Waals surface area contributed by atoms with Crippen LogP contribution in [0.15, 0.2) is 36.5 Å². The molecule has 0 radical (unpaired) electrons. The topological polar surface area (TPSA) is 96.7 Å². The van der Waals surface area contributed by atoms with Gasteiger partial charge in [-0.25, -0.2) is 27.3 Å². The number of carbonyl (C=O) groups excluding carboxylic acids is 1. The number of fused-ring (bicyclic) bond motifs is 3. The van der Waals surface area contributed by atoms with Crippen molar-refractivity contribution < 1.29 is 50.2 Å². The molecule has 1 saturated heterocycles. The summed E-state index contributed by atoms with van der Waals surface area (Å²) in [7, 11) is 0. The number of aromatic nitrogens is 2. The zero-order chi connectivity index (χ0) is 39.1. The Hall–Kier alpha value is -3.88. The number of alkyl halides is 7. The Balaban J connectivity index is 1.09. The summed E-state index contributed by atoms with van der Waals surface area (Å²) < 4.78 is 108. The van der Waals surface area contributed by atoms with Crippen LogP contribution in [0.4, 0.5) is 30.7 Å². The van der Waals surface area contributed by atoms with Gasteiger partial charge in [0.15, 0.2) is 5.69 Å². The van der Waals surface area contributed by atoms with Crippen LogP contribution in [0.25, 0.3) is 22.2 Å². The number of carboxylic acids is 1. The monoisotopic (exact) mass is 778 g/mol. The van der Waals surface area contributed by atoms with Crippen molar-refractivity contribution in [2.24, 2.45) is 17.8 Å². The van der Waals surface area contributed by atoms with E-state index >= 15 is 0 Å². The fraction of sp³-hybridized carbons (Fsp3) is 0.625. The van der Waals surface area contributed by atoms with Gasteiger partial charge in [0.25, 0.3) is 11.8 Å². The van der Waals surface area contributed by atoms with Gasteiger partial charge < -0.3 is 19.7 Å². The van der Waals surface area contributed by atoms with Crippen molar-refractivity contribution in [2.75, 3.05) is 13.1 Å². The minimum absolute atomic E-state index is 0.0508. The van der Waals surface area contributed by atoms with Crippen molar-refractivity contribution in [2.45, 2.75) is 126 Å². The highest BCUT2D eigenvalue weighted by Gasteiger charge is 2.56. The first-order valence-corrected chi connectivity index (χ1v) is 19.4. The van der Waals surface area contributed by atoms with Crippen molar-refractivity contribution in [1.29, 1.82) is 0 Å². The van der Waals surface area contributed by atoms with E-state index in [0.29, 0.717) is 60.7 Å². The van der Waals surface area contributed by atoms with Crippen LogP contribution in [0.2, 0.25) is 0 Å². The zero-order valence-electron chi connectivity index (χ0n) is 30.5. The molecule has 1 amide bonds. The van der Waals surface area contributed by atoms with E-state index in [-0.39, 0.29) is 80.9 Å². The van der Waals surface area contributed by atoms with Crippen LogP contribution in [-0.4, -0.2) is 74.1 Å². The fourth-order valence-electron chi connectivity index (χ4n) is 10.3. The standard InChI is InChI=1S/C40H45F7N4O4/c1-22-14-23-16-24(15-22)39(18-23,36(53)54)49-35(52)30-8-9-32(48-34(30)40(45,46)47)31-19-51(26-10-12-37(41,42)13-11-26)33-17-28(6-7-29(31)33)55-27-4-2-25(3-5-27)50-20-38(43,44)21-50/h6-9,17,19,22-27H,2-5,10-16,18,20-21H2,1H3,(H,49,52)(H,53,54). The molecule has 55 heavy (non-hydrogen) atoms. The quantitative estimate of drug-likeness (QED) is 0.222. The molecule has 4 atom stereocenters. The summed E-state index contributed by atoms with van der Waals surface area (Å²) >= 11 is 0. The van der Waals surface area contributed by atoms with Gasteiger partial charge in [-0.1, -0.05) is 6.92 Å². The van der Waals surface area contributed by atoms with Gasteiger partial charge in [-0.15, -0.1) is 0 Å². The van der Waals surface area contributed by atoms with E-state index in [1.54, 1.807) is 33.9 Å². The molecule has 5 aliphatic rings. The van der Waals surface area contributed by atoms with Crippen LogP contribution in [0.1, 0.15) is 106 Å². The Labute approximate surface area is 313 Å². The highest BCUT2D eigenvalue weighted by atomic mass is 19.4. The number of amides is 1. The number of halogens is 7. The summed E-state index contributed by atoms with van der Waals surface area (Å²) in [6.45, 7) is 1.55. The first kappa shape index (κ1) is 38.0. The highest BCUT2D eigenvalue weighted by Crippen LogP contribution is 2.51. The van der Waals surface area contributed by atoms with E-state index in [1.807, 2.05) is 6.92 Å². The lowest BCUT2D eigenvalue weighted by atomic mass is 9.78. The van der Waals surface area contributed by atoms with Crippen molar-refractivity contribution in [3.8, 4) is 17.0 Å². The summed E-state index contributed by atoms with van der Waals surface area (Å²) in [5.74, 6) is -7.48. The number of pyridine rings is 1. The van der Waals surface area contributed by atoms with E-state index in [1.165, 1.54) is 6.07 Å². The van der Waals surface area contributed by atoms with Gasteiger partial charge in [-0.2, -0.15) is 13.2 Å². The molecule has 3 aromatic rings. The second-order valence-electron chi connectivity index (χ2n) is 16.9. The molecule has 8 nitrogen and oxygen atoms in total. The van der Waals surface area contributed by atoms with Crippen molar-refractivity contribution in [3.63, 3.8) is 0 Å².